The van der Waals surface area contributed by atoms with Crippen LogP contribution in [0.2, 0.25) is 5.02 Å². The number of ether oxygens (including phenoxy) is 1. The van der Waals surface area contributed by atoms with E-state index in [1.807, 2.05) is 12.1 Å². The smallest absolute Gasteiger partial charge is 0.326 e. The van der Waals surface area contributed by atoms with E-state index in [4.69, 9.17) is 16.3 Å². The van der Waals surface area contributed by atoms with E-state index in [0.717, 1.165) is 49.7 Å². The SMILES string of the molecule is COC1CCC(CC(C(=O)O)n2cc3c(cc2=O)-c2cc(Cl)ccc2CC2(CC2)NC3=O)CC1. The van der Waals surface area contributed by atoms with Crippen LogP contribution in [0.15, 0.2) is 35.3 Å². The number of rotatable bonds is 5. The zero-order chi connectivity index (χ0) is 24.0. The van der Waals surface area contributed by atoms with Crippen molar-refractivity contribution in [1.82, 2.24) is 9.88 Å². The zero-order valence-electron chi connectivity index (χ0n) is 19.2. The summed E-state index contributed by atoms with van der Waals surface area (Å²) in [6.07, 6.45) is 7.93. The number of nitrogens with one attached hydrogen (secondary N) is 1. The highest BCUT2D eigenvalue weighted by molar-refractivity contribution is 6.31. The summed E-state index contributed by atoms with van der Waals surface area (Å²) in [5.41, 5.74) is 1.87. The van der Waals surface area contributed by atoms with E-state index in [9.17, 15) is 19.5 Å². The van der Waals surface area contributed by atoms with Crippen LogP contribution in [0.5, 0.6) is 0 Å². The Morgan fingerprint density at radius 3 is 2.56 bits per heavy atom. The fraction of sp³-hybridized carbons (Fsp3) is 0.500. The molecule has 34 heavy (non-hydrogen) atoms. The van der Waals surface area contributed by atoms with Gasteiger partial charge in [0.25, 0.3) is 11.5 Å². The van der Waals surface area contributed by atoms with Gasteiger partial charge in [-0.3, -0.25) is 9.59 Å². The molecule has 5 rings (SSSR count). The highest BCUT2D eigenvalue weighted by Gasteiger charge is 2.46. The van der Waals surface area contributed by atoms with Crippen molar-refractivity contribution >= 4 is 23.5 Å². The zero-order valence-corrected chi connectivity index (χ0v) is 19.9. The van der Waals surface area contributed by atoms with E-state index in [0.29, 0.717) is 29.0 Å². The summed E-state index contributed by atoms with van der Waals surface area (Å²) >= 11 is 6.28. The molecule has 2 saturated carbocycles. The second-order valence-electron chi connectivity index (χ2n) is 10.0. The standard InChI is InChI=1S/C26H29ClN2O5/c1-34-18-6-2-15(3-7-18)10-22(25(32)33)29-14-21-20(12-23(29)30)19-11-17(27)5-4-16(19)13-26(8-9-26)28-24(21)31/h4-5,11-12,14-15,18,22H,2-3,6-10,13H2,1H3,(H,28,31)(H,32,33). The van der Waals surface area contributed by atoms with Gasteiger partial charge in [0, 0.05) is 35.5 Å². The lowest BCUT2D eigenvalue weighted by Gasteiger charge is -2.30. The van der Waals surface area contributed by atoms with Gasteiger partial charge in [-0.25, -0.2) is 4.79 Å². The summed E-state index contributed by atoms with van der Waals surface area (Å²) in [6.45, 7) is 0. The number of nitrogens with zero attached hydrogens (tertiary/aromatic N) is 1. The number of carboxylic acid groups (broad SMARTS) is 1. The van der Waals surface area contributed by atoms with E-state index >= 15 is 0 Å². The molecule has 3 aliphatic rings. The number of carbonyl (C=O) groups excluding carboxylic acids is 1. The van der Waals surface area contributed by atoms with Gasteiger partial charge < -0.3 is 19.7 Å². The highest BCUT2D eigenvalue weighted by Crippen LogP contribution is 2.43. The Kier molecular flexibility index (Phi) is 6.02. The van der Waals surface area contributed by atoms with Crippen LogP contribution in [0.25, 0.3) is 11.1 Å². The molecule has 7 nitrogen and oxygen atoms in total. The maximum absolute atomic E-state index is 13.3. The predicted octanol–water partition coefficient (Wildman–Crippen LogP) is 4.21. The van der Waals surface area contributed by atoms with Crippen molar-refractivity contribution in [3.8, 4) is 11.1 Å². The largest absolute Gasteiger partial charge is 0.480 e. The molecule has 2 N–H and O–H groups in total. The molecule has 1 unspecified atom stereocenters. The topological polar surface area (TPSA) is 97.6 Å². The van der Waals surface area contributed by atoms with Crippen molar-refractivity contribution < 1.29 is 19.4 Å². The van der Waals surface area contributed by atoms with E-state index in [-0.39, 0.29) is 23.5 Å². The van der Waals surface area contributed by atoms with Gasteiger partial charge in [0.05, 0.1) is 11.7 Å². The fourth-order valence-corrected chi connectivity index (χ4v) is 5.74. The summed E-state index contributed by atoms with van der Waals surface area (Å²) in [5, 5.41) is 13.7. The molecular weight excluding hydrogens is 456 g/mol. The molecule has 8 heteroatoms. The molecule has 1 aromatic heterocycles. The molecule has 2 aromatic rings. The van der Waals surface area contributed by atoms with Gasteiger partial charge >= 0.3 is 5.97 Å². The lowest BCUT2D eigenvalue weighted by atomic mass is 9.83. The molecule has 1 aromatic carbocycles. The lowest BCUT2D eigenvalue weighted by Crippen LogP contribution is -2.41. The maximum Gasteiger partial charge on any atom is 0.326 e. The molecule has 1 aliphatic heterocycles. The third kappa shape index (κ3) is 4.39. The van der Waals surface area contributed by atoms with E-state index in [1.54, 1.807) is 13.2 Å². The van der Waals surface area contributed by atoms with E-state index in [1.165, 1.54) is 16.8 Å². The van der Waals surface area contributed by atoms with Gasteiger partial charge in [-0.2, -0.15) is 0 Å². The maximum atomic E-state index is 13.3. The van der Waals surface area contributed by atoms with Gasteiger partial charge in [0.1, 0.15) is 6.04 Å². The first-order chi connectivity index (χ1) is 16.3. The average molecular weight is 485 g/mol. The molecule has 2 fully saturated rings. The quantitative estimate of drug-likeness (QED) is 0.662. The van der Waals surface area contributed by atoms with Crippen LogP contribution >= 0.6 is 11.6 Å². The summed E-state index contributed by atoms with van der Waals surface area (Å²) in [5.74, 6) is -1.16. The van der Waals surface area contributed by atoms with Gasteiger partial charge in [-0.15, -0.1) is 0 Å². The first-order valence-electron chi connectivity index (χ1n) is 11.9. The van der Waals surface area contributed by atoms with E-state index in [2.05, 4.69) is 5.32 Å². The van der Waals surface area contributed by atoms with Gasteiger partial charge in [0.2, 0.25) is 0 Å². The molecule has 0 saturated heterocycles. The molecule has 180 valence electrons. The van der Waals surface area contributed by atoms with Crippen molar-refractivity contribution in [2.24, 2.45) is 5.92 Å². The summed E-state index contributed by atoms with van der Waals surface area (Å²) in [7, 11) is 1.70. The minimum Gasteiger partial charge on any atom is -0.480 e. The van der Waals surface area contributed by atoms with Crippen LogP contribution < -0.4 is 10.9 Å². The number of benzene rings is 1. The molecule has 2 aliphatic carbocycles. The van der Waals surface area contributed by atoms with Gasteiger partial charge in [-0.05, 0) is 80.5 Å². The predicted molar refractivity (Wildman–Crippen MR) is 128 cm³/mol. The van der Waals surface area contributed by atoms with Crippen LogP contribution in [0, 0.1) is 5.92 Å². The molecule has 1 spiro atoms. The van der Waals surface area contributed by atoms with Crippen molar-refractivity contribution in [3.05, 3.63) is 57.0 Å². The number of aromatic nitrogens is 1. The minimum atomic E-state index is -1.07. The Morgan fingerprint density at radius 1 is 1.18 bits per heavy atom. The first kappa shape index (κ1) is 23.1. The van der Waals surface area contributed by atoms with Gasteiger partial charge in [-0.1, -0.05) is 17.7 Å². The number of aliphatic carboxylic acids is 1. The number of halogens is 1. The van der Waals surface area contributed by atoms with Crippen LogP contribution in [0.4, 0.5) is 0 Å². The Bertz CT molecular complexity index is 1190. The van der Waals surface area contributed by atoms with Crippen molar-refractivity contribution in [3.63, 3.8) is 0 Å². The normalized spacial score (nSPS) is 23.8. The summed E-state index contributed by atoms with van der Waals surface area (Å²) < 4.78 is 6.66. The Labute approximate surface area is 203 Å². The number of carboxylic acids is 1. The second kappa shape index (κ2) is 8.86. The Morgan fingerprint density at radius 2 is 1.91 bits per heavy atom. The number of pyridine rings is 1. The summed E-state index contributed by atoms with van der Waals surface area (Å²) in [4.78, 5) is 38.8. The average Bonchev–Trinajstić information content (AvgIpc) is 3.57. The number of amides is 1. The third-order valence-corrected chi connectivity index (χ3v) is 7.99. The number of fused-ring (bicyclic) bond motifs is 3. The van der Waals surface area contributed by atoms with Crippen molar-refractivity contribution in [1.29, 1.82) is 0 Å². The van der Waals surface area contributed by atoms with Crippen molar-refractivity contribution in [2.75, 3.05) is 7.11 Å². The molecule has 1 amide bonds. The van der Waals surface area contributed by atoms with Crippen LogP contribution in [-0.4, -0.2) is 40.3 Å². The lowest BCUT2D eigenvalue weighted by molar-refractivity contribution is -0.141. The fourth-order valence-electron chi connectivity index (χ4n) is 5.57. The molecule has 0 radical (unpaired) electrons. The molecule has 2 heterocycles. The number of hydrogen-bond donors (Lipinski definition) is 2. The monoisotopic (exact) mass is 484 g/mol. The Hall–Kier alpha value is -2.64. The van der Waals surface area contributed by atoms with Gasteiger partial charge in [0.15, 0.2) is 0 Å². The number of methoxy groups -OCH3 is 1. The van der Waals surface area contributed by atoms with Crippen LogP contribution in [0.1, 0.15) is 66.9 Å². The third-order valence-electron chi connectivity index (χ3n) is 7.75. The molecular formula is C26H29ClN2O5. The molecule has 1 atom stereocenters. The number of carbonyl (C=O) groups is 2. The molecule has 0 bridgehead atoms. The highest BCUT2D eigenvalue weighted by atomic mass is 35.5. The van der Waals surface area contributed by atoms with Crippen molar-refractivity contribution in [2.45, 2.75) is 69.1 Å². The van der Waals surface area contributed by atoms with Crippen LogP contribution in [-0.2, 0) is 16.0 Å². The second-order valence-corrected chi connectivity index (χ2v) is 10.5. The first-order valence-corrected chi connectivity index (χ1v) is 12.3. The summed E-state index contributed by atoms with van der Waals surface area (Å²) in [6, 6.07) is 5.92. The number of hydrogen-bond acceptors (Lipinski definition) is 4. The van der Waals surface area contributed by atoms with E-state index < -0.39 is 17.6 Å². The van der Waals surface area contributed by atoms with Crippen LogP contribution in [0.3, 0.4) is 0 Å². The minimum absolute atomic E-state index is 0.185. The Balaban J connectivity index is 1.55.